The number of carbonyl (C=O) groups is 2. The number of pyridine rings is 1. The first-order valence-electron chi connectivity index (χ1n) is 9.53. The Hall–Kier alpha value is -2.73. The first-order valence-corrected chi connectivity index (χ1v) is 9.53. The molecule has 0 saturated carbocycles. The van der Waals surface area contributed by atoms with Gasteiger partial charge in [-0.2, -0.15) is 0 Å². The highest BCUT2D eigenvalue weighted by Crippen LogP contribution is 2.32. The van der Waals surface area contributed by atoms with E-state index in [9.17, 15) is 9.59 Å². The number of aromatic nitrogens is 1. The van der Waals surface area contributed by atoms with E-state index in [1.165, 1.54) is 12.8 Å². The van der Waals surface area contributed by atoms with E-state index in [4.69, 9.17) is 0 Å². The van der Waals surface area contributed by atoms with Gasteiger partial charge in [0, 0.05) is 36.0 Å². The van der Waals surface area contributed by atoms with Gasteiger partial charge in [0.1, 0.15) is 0 Å². The number of piperidine rings is 1. The normalized spacial score (nSPS) is 23.6. The number of nitrogens with zero attached hydrogens (tertiary/aromatic N) is 1. The van der Waals surface area contributed by atoms with E-state index in [2.05, 4.69) is 20.9 Å². The summed E-state index contributed by atoms with van der Waals surface area (Å²) in [4.78, 5) is 28.6. The zero-order valence-electron chi connectivity index (χ0n) is 15.2. The Balaban J connectivity index is 1.29. The molecule has 2 amide bonds. The third-order valence-electron chi connectivity index (χ3n) is 5.40. The Morgan fingerprint density at radius 3 is 2.41 bits per heavy atom. The van der Waals surface area contributed by atoms with Gasteiger partial charge in [-0.05, 0) is 68.0 Å². The third-order valence-corrected chi connectivity index (χ3v) is 5.40. The fraction of sp³-hybridized carbons (Fsp3) is 0.381. The number of carbonyl (C=O) groups excluding carboxylic acids is 2. The van der Waals surface area contributed by atoms with Gasteiger partial charge >= 0.3 is 0 Å². The molecule has 0 spiro atoms. The van der Waals surface area contributed by atoms with E-state index in [0.29, 0.717) is 35.7 Å². The minimum absolute atomic E-state index is 0.0499. The molecule has 2 unspecified atom stereocenters. The standard InChI is InChI=1S/C21H24N4O2/c26-20(12-14-10-17-7-8-18(11-14)23-17)24-16-5-3-15(4-6-16)21(27)25-19-2-1-9-22-13-19/h1-6,9,13-14,17-18,23H,7-8,10-12H2,(H,24,26)(H,25,27). The van der Waals surface area contributed by atoms with Crippen molar-refractivity contribution in [2.75, 3.05) is 10.6 Å². The zero-order valence-corrected chi connectivity index (χ0v) is 15.2. The molecule has 2 saturated heterocycles. The van der Waals surface area contributed by atoms with Crippen molar-refractivity contribution in [1.82, 2.24) is 10.3 Å². The fourth-order valence-electron chi connectivity index (χ4n) is 4.16. The van der Waals surface area contributed by atoms with Gasteiger partial charge in [0.05, 0.1) is 11.9 Å². The number of hydrogen-bond acceptors (Lipinski definition) is 4. The average molecular weight is 364 g/mol. The van der Waals surface area contributed by atoms with Crippen molar-refractivity contribution < 1.29 is 9.59 Å². The summed E-state index contributed by atoms with van der Waals surface area (Å²) in [5.41, 5.74) is 1.90. The molecule has 2 aliphatic rings. The average Bonchev–Trinajstić information content (AvgIpc) is 3.01. The van der Waals surface area contributed by atoms with Gasteiger partial charge < -0.3 is 16.0 Å². The summed E-state index contributed by atoms with van der Waals surface area (Å²) < 4.78 is 0. The molecular formula is C21H24N4O2. The lowest BCUT2D eigenvalue weighted by molar-refractivity contribution is -0.117. The molecule has 6 heteroatoms. The van der Waals surface area contributed by atoms with Crippen LogP contribution in [-0.2, 0) is 4.79 Å². The Labute approximate surface area is 158 Å². The van der Waals surface area contributed by atoms with Crippen LogP contribution in [-0.4, -0.2) is 28.9 Å². The number of nitrogens with one attached hydrogen (secondary N) is 3. The van der Waals surface area contributed by atoms with Crippen LogP contribution in [0.3, 0.4) is 0 Å². The van der Waals surface area contributed by atoms with Crippen molar-refractivity contribution >= 4 is 23.2 Å². The summed E-state index contributed by atoms with van der Waals surface area (Å²) in [6, 6.07) is 11.7. The van der Waals surface area contributed by atoms with Crippen LogP contribution in [0.4, 0.5) is 11.4 Å². The Bertz CT molecular complexity index is 795. The predicted molar refractivity (Wildman–Crippen MR) is 105 cm³/mol. The summed E-state index contributed by atoms with van der Waals surface area (Å²) in [5.74, 6) is 0.313. The molecule has 1 aromatic heterocycles. The van der Waals surface area contributed by atoms with E-state index in [1.54, 1.807) is 48.8 Å². The zero-order chi connectivity index (χ0) is 18.6. The minimum atomic E-state index is -0.203. The molecule has 2 aromatic rings. The highest BCUT2D eigenvalue weighted by atomic mass is 16.2. The van der Waals surface area contributed by atoms with Crippen LogP contribution in [0.1, 0.15) is 42.5 Å². The second-order valence-electron chi connectivity index (χ2n) is 7.50. The van der Waals surface area contributed by atoms with Crippen LogP contribution in [0.5, 0.6) is 0 Å². The molecule has 6 nitrogen and oxygen atoms in total. The Morgan fingerprint density at radius 1 is 1.00 bits per heavy atom. The Kier molecular flexibility index (Phi) is 5.16. The largest absolute Gasteiger partial charge is 0.326 e. The van der Waals surface area contributed by atoms with Crippen molar-refractivity contribution in [3.05, 3.63) is 54.4 Å². The SMILES string of the molecule is O=C(CC1CC2CCC(C1)N2)Nc1ccc(C(=O)Nc2cccnc2)cc1. The van der Waals surface area contributed by atoms with Crippen LogP contribution in [0, 0.1) is 5.92 Å². The molecule has 2 fully saturated rings. The molecule has 0 aliphatic carbocycles. The van der Waals surface area contributed by atoms with E-state index in [0.717, 1.165) is 18.5 Å². The van der Waals surface area contributed by atoms with Gasteiger partial charge in [-0.25, -0.2) is 0 Å². The maximum atomic E-state index is 12.4. The molecule has 2 atom stereocenters. The summed E-state index contributed by atoms with van der Waals surface area (Å²) in [7, 11) is 0. The number of benzene rings is 1. The molecule has 1 aromatic carbocycles. The van der Waals surface area contributed by atoms with Crippen LogP contribution in [0.25, 0.3) is 0 Å². The van der Waals surface area contributed by atoms with Crippen molar-refractivity contribution in [2.45, 2.75) is 44.2 Å². The van der Waals surface area contributed by atoms with Gasteiger partial charge in [-0.15, -0.1) is 0 Å². The first kappa shape index (κ1) is 17.7. The predicted octanol–water partition coefficient (Wildman–Crippen LogP) is 3.19. The monoisotopic (exact) mass is 364 g/mol. The van der Waals surface area contributed by atoms with Gasteiger partial charge in [0.25, 0.3) is 5.91 Å². The van der Waals surface area contributed by atoms with Gasteiger partial charge in [0.2, 0.25) is 5.91 Å². The molecule has 3 heterocycles. The minimum Gasteiger partial charge on any atom is -0.326 e. The van der Waals surface area contributed by atoms with Gasteiger partial charge in [0.15, 0.2) is 0 Å². The van der Waals surface area contributed by atoms with Crippen LogP contribution in [0.2, 0.25) is 0 Å². The molecule has 4 rings (SSSR count). The number of rotatable bonds is 5. The summed E-state index contributed by atoms with van der Waals surface area (Å²) >= 11 is 0. The third kappa shape index (κ3) is 4.52. The lowest BCUT2D eigenvalue weighted by atomic mass is 9.89. The second-order valence-corrected chi connectivity index (χ2v) is 7.50. The van der Waals surface area contributed by atoms with E-state index < -0.39 is 0 Å². The Morgan fingerprint density at radius 2 is 1.74 bits per heavy atom. The highest BCUT2D eigenvalue weighted by Gasteiger charge is 2.34. The van der Waals surface area contributed by atoms with Crippen molar-refractivity contribution in [3.63, 3.8) is 0 Å². The molecule has 3 N–H and O–H groups in total. The second kappa shape index (κ2) is 7.88. The molecule has 2 bridgehead atoms. The number of fused-ring (bicyclic) bond motifs is 2. The molecular weight excluding hydrogens is 340 g/mol. The highest BCUT2D eigenvalue weighted by molar-refractivity contribution is 6.04. The maximum absolute atomic E-state index is 12.4. The molecule has 27 heavy (non-hydrogen) atoms. The van der Waals surface area contributed by atoms with Crippen LogP contribution < -0.4 is 16.0 Å². The molecule has 2 aliphatic heterocycles. The van der Waals surface area contributed by atoms with Crippen molar-refractivity contribution in [1.29, 1.82) is 0 Å². The van der Waals surface area contributed by atoms with Gasteiger partial charge in [-0.3, -0.25) is 14.6 Å². The van der Waals surface area contributed by atoms with E-state index in [-0.39, 0.29) is 11.8 Å². The van der Waals surface area contributed by atoms with Crippen molar-refractivity contribution in [2.24, 2.45) is 5.92 Å². The lowest BCUT2D eigenvalue weighted by Gasteiger charge is -2.28. The van der Waals surface area contributed by atoms with E-state index >= 15 is 0 Å². The smallest absolute Gasteiger partial charge is 0.255 e. The van der Waals surface area contributed by atoms with Crippen LogP contribution in [0.15, 0.2) is 48.8 Å². The maximum Gasteiger partial charge on any atom is 0.255 e. The lowest BCUT2D eigenvalue weighted by Crippen LogP contribution is -2.39. The first-order chi connectivity index (χ1) is 13.2. The number of amides is 2. The van der Waals surface area contributed by atoms with E-state index in [1.807, 2.05) is 0 Å². The quantitative estimate of drug-likeness (QED) is 0.761. The van der Waals surface area contributed by atoms with Gasteiger partial charge in [-0.1, -0.05) is 0 Å². The molecule has 140 valence electrons. The van der Waals surface area contributed by atoms with Crippen LogP contribution >= 0.6 is 0 Å². The number of hydrogen-bond donors (Lipinski definition) is 3. The summed E-state index contributed by atoms with van der Waals surface area (Å²) in [6.45, 7) is 0. The summed E-state index contributed by atoms with van der Waals surface area (Å²) in [6.07, 6.45) is 8.49. The topological polar surface area (TPSA) is 83.1 Å². The molecule has 0 radical (unpaired) electrons. The summed E-state index contributed by atoms with van der Waals surface area (Å²) in [5, 5.41) is 9.35. The number of anilines is 2. The fourth-order valence-corrected chi connectivity index (χ4v) is 4.16. The van der Waals surface area contributed by atoms with Crippen molar-refractivity contribution in [3.8, 4) is 0 Å².